The maximum Gasteiger partial charge on any atom is 0.223 e. The van der Waals surface area contributed by atoms with Crippen LogP contribution in [-0.2, 0) is 0 Å². The van der Waals surface area contributed by atoms with Gasteiger partial charge >= 0.3 is 0 Å². The number of rotatable bonds is 5. The first-order chi connectivity index (χ1) is 7.49. The van der Waals surface area contributed by atoms with E-state index in [4.69, 9.17) is 0 Å². The summed E-state index contributed by atoms with van der Waals surface area (Å²) in [5.74, 6) is 1.27. The quantitative estimate of drug-likeness (QED) is 0.824. The zero-order chi connectivity index (χ0) is 12.1. The van der Waals surface area contributed by atoms with E-state index in [2.05, 4.69) is 48.1 Å². The average molecular weight is 222 g/mol. The van der Waals surface area contributed by atoms with Crippen molar-refractivity contribution in [3.8, 4) is 0 Å². The molecular formula is C12H22N4. The molecule has 0 aliphatic rings. The van der Waals surface area contributed by atoms with Gasteiger partial charge in [-0.3, -0.25) is 0 Å². The van der Waals surface area contributed by atoms with Crippen molar-refractivity contribution in [1.29, 1.82) is 0 Å². The lowest BCUT2D eigenvalue weighted by atomic mass is 10.0. The van der Waals surface area contributed by atoms with Crippen molar-refractivity contribution < 1.29 is 0 Å². The summed E-state index contributed by atoms with van der Waals surface area (Å²) in [4.78, 5) is 10.8. The van der Waals surface area contributed by atoms with E-state index in [-0.39, 0.29) is 0 Å². The van der Waals surface area contributed by atoms with Crippen LogP contribution in [0.4, 0.5) is 5.95 Å². The van der Waals surface area contributed by atoms with Crippen molar-refractivity contribution >= 4 is 5.95 Å². The molecule has 1 aromatic rings. The normalized spacial score (nSPS) is 13.2. The highest BCUT2D eigenvalue weighted by molar-refractivity contribution is 5.26. The van der Waals surface area contributed by atoms with Crippen molar-refractivity contribution in [2.75, 3.05) is 26.0 Å². The third kappa shape index (κ3) is 4.14. The molecule has 90 valence electrons. The molecule has 1 aromatic heterocycles. The van der Waals surface area contributed by atoms with Crippen molar-refractivity contribution in [2.45, 2.75) is 26.8 Å². The lowest BCUT2D eigenvalue weighted by Crippen LogP contribution is -2.37. The average Bonchev–Trinajstić information content (AvgIpc) is 2.15. The predicted molar refractivity (Wildman–Crippen MR) is 67.6 cm³/mol. The van der Waals surface area contributed by atoms with E-state index < -0.39 is 0 Å². The van der Waals surface area contributed by atoms with Crippen LogP contribution in [0.2, 0.25) is 0 Å². The van der Waals surface area contributed by atoms with Gasteiger partial charge < -0.3 is 10.2 Å². The highest BCUT2D eigenvalue weighted by Gasteiger charge is 2.15. The molecule has 0 fully saturated rings. The Kier molecular flexibility index (Phi) is 4.68. The summed E-state index contributed by atoms with van der Waals surface area (Å²) < 4.78 is 0. The summed E-state index contributed by atoms with van der Waals surface area (Å²) in [7, 11) is 4.16. The second-order valence-electron chi connectivity index (χ2n) is 4.78. The predicted octanol–water partition coefficient (Wildman–Crippen LogP) is 1.78. The molecule has 0 radical (unpaired) electrons. The topological polar surface area (TPSA) is 41.1 Å². The van der Waals surface area contributed by atoms with E-state index in [0.717, 1.165) is 18.2 Å². The first kappa shape index (κ1) is 12.9. The molecule has 16 heavy (non-hydrogen) atoms. The second kappa shape index (κ2) is 5.80. The molecule has 0 spiro atoms. The number of likely N-dealkylation sites (N-methyl/N-ethyl adjacent to an activating group) is 1. The summed E-state index contributed by atoms with van der Waals surface area (Å²) in [5, 5.41) is 3.39. The summed E-state index contributed by atoms with van der Waals surface area (Å²) >= 11 is 0. The maximum atomic E-state index is 4.36. The van der Waals surface area contributed by atoms with Crippen LogP contribution in [0.3, 0.4) is 0 Å². The van der Waals surface area contributed by atoms with Crippen LogP contribution in [0.15, 0.2) is 12.3 Å². The van der Waals surface area contributed by atoms with Crippen LogP contribution in [0.25, 0.3) is 0 Å². The highest BCUT2D eigenvalue weighted by Crippen LogP contribution is 2.09. The SMILES string of the molecule is Cc1ccnc(NC(CN(C)C)C(C)C)n1. The van der Waals surface area contributed by atoms with Crippen molar-refractivity contribution in [3.05, 3.63) is 18.0 Å². The van der Waals surface area contributed by atoms with E-state index in [1.165, 1.54) is 0 Å². The van der Waals surface area contributed by atoms with E-state index >= 15 is 0 Å². The number of hydrogen-bond acceptors (Lipinski definition) is 4. The van der Waals surface area contributed by atoms with Crippen LogP contribution in [0.1, 0.15) is 19.5 Å². The van der Waals surface area contributed by atoms with Crippen molar-refractivity contribution in [2.24, 2.45) is 5.92 Å². The smallest absolute Gasteiger partial charge is 0.223 e. The molecular weight excluding hydrogens is 200 g/mol. The van der Waals surface area contributed by atoms with E-state index in [1.54, 1.807) is 6.20 Å². The monoisotopic (exact) mass is 222 g/mol. The van der Waals surface area contributed by atoms with Gasteiger partial charge in [-0.15, -0.1) is 0 Å². The van der Waals surface area contributed by atoms with Gasteiger partial charge in [0.1, 0.15) is 0 Å². The molecule has 4 heteroatoms. The summed E-state index contributed by atoms with van der Waals surface area (Å²) in [6.07, 6.45) is 1.79. The third-order valence-corrected chi connectivity index (χ3v) is 2.48. The van der Waals surface area contributed by atoms with Gasteiger partial charge in [0.25, 0.3) is 0 Å². The Balaban J connectivity index is 2.68. The van der Waals surface area contributed by atoms with Gasteiger partial charge in [-0.25, -0.2) is 9.97 Å². The number of nitrogens with one attached hydrogen (secondary N) is 1. The van der Waals surface area contributed by atoms with Gasteiger partial charge in [-0.2, -0.15) is 0 Å². The van der Waals surface area contributed by atoms with Crippen LogP contribution in [-0.4, -0.2) is 41.5 Å². The fraction of sp³-hybridized carbons (Fsp3) is 0.667. The summed E-state index contributed by atoms with van der Waals surface area (Å²) in [6, 6.07) is 2.28. The third-order valence-electron chi connectivity index (χ3n) is 2.48. The van der Waals surface area contributed by atoms with E-state index in [9.17, 15) is 0 Å². The zero-order valence-electron chi connectivity index (χ0n) is 10.9. The molecule has 1 rings (SSSR count). The Labute approximate surface area is 98.1 Å². The minimum atomic E-state index is 0.372. The Hall–Kier alpha value is -1.16. The Morgan fingerprint density at radius 2 is 2.06 bits per heavy atom. The molecule has 0 saturated heterocycles. The molecule has 0 bridgehead atoms. The Bertz CT molecular complexity index is 323. The van der Waals surface area contributed by atoms with Crippen LogP contribution in [0, 0.1) is 12.8 Å². The fourth-order valence-electron chi connectivity index (χ4n) is 1.50. The van der Waals surface area contributed by atoms with Crippen molar-refractivity contribution in [3.63, 3.8) is 0 Å². The van der Waals surface area contributed by atoms with Gasteiger partial charge in [0, 0.05) is 24.5 Å². The first-order valence-corrected chi connectivity index (χ1v) is 5.70. The molecule has 1 heterocycles. The second-order valence-corrected chi connectivity index (χ2v) is 4.78. The molecule has 1 atom stereocenters. The zero-order valence-corrected chi connectivity index (χ0v) is 10.9. The lowest BCUT2D eigenvalue weighted by Gasteiger charge is -2.25. The Morgan fingerprint density at radius 3 is 2.56 bits per heavy atom. The fourth-order valence-corrected chi connectivity index (χ4v) is 1.50. The lowest BCUT2D eigenvalue weighted by molar-refractivity contribution is 0.343. The van der Waals surface area contributed by atoms with Gasteiger partial charge in [0.05, 0.1) is 0 Å². The van der Waals surface area contributed by atoms with Crippen LogP contribution in [0.5, 0.6) is 0 Å². The van der Waals surface area contributed by atoms with E-state index in [1.807, 2.05) is 13.0 Å². The minimum Gasteiger partial charge on any atom is -0.350 e. The number of nitrogens with zero attached hydrogens (tertiary/aromatic N) is 3. The van der Waals surface area contributed by atoms with Crippen LogP contribution >= 0.6 is 0 Å². The van der Waals surface area contributed by atoms with Gasteiger partial charge in [-0.1, -0.05) is 13.8 Å². The summed E-state index contributed by atoms with van der Waals surface area (Å²) in [6.45, 7) is 7.37. The molecule has 4 nitrogen and oxygen atoms in total. The maximum absolute atomic E-state index is 4.36. The molecule has 0 aromatic carbocycles. The van der Waals surface area contributed by atoms with E-state index in [0.29, 0.717) is 12.0 Å². The van der Waals surface area contributed by atoms with Crippen molar-refractivity contribution in [1.82, 2.24) is 14.9 Å². The standard InChI is InChI=1S/C12H22N4/c1-9(2)11(8-16(4)5)15-12-13-7-6-10(3)14-12/h6-7,9,11H,8H2,1-5H3,(H,13,14,15). The number of hydrogen-bond donors (Lipinski definition) is 1. The first-order valence-electron chi connectivity index (χ1n) is 5.70. The molecule has 0 aliphatic heterocycles. The van der Waals surface area contributed by atoms with Gasteiger partial charge in [-0.05, 0) is 33.0 Å². The highest BCUT2D eigenvalue weighted by atomic mass is 15.2. The Morgan fingerprint density at radius 1 is 1.38 bits per heavy atom. The number of anilines is 1. The minimum absolute atomic E-state index is 0.372. The van der Waals surface area contributed by atoms with Gasteiger partial charge in [0.2, 0.25) is 5.95 Å². The van der Waals surface area contributed by atoms with Crippen LogP contribution < -0.4 is 5.32 Å². The van der Waals surface area contributed by atoms with Gasteiger partial charge in [0.15, 0.2) is 0 Å². The molecule has 0 aliphatic carbocycles. The molecule has 1 unspecified atom stereocenters. The molecule has 1 N–H and O–H groups in total. The molecule has 0 saturated carbocycles. The number of aromatic nitrogens is 2. The molecule has 0 amide bonds. The summed E-state index contributed by atoms with van der Waals surface area (Å²) in [5.41, 5.74) is 0.991. The number of aryl methyl sites for hydroxylation is 1. The largest absolute Gasteiger partial charge is 0.350 e.